The Hall–Kier alpha value is -3.09. The van der Waals surface area contributed by atoms with Crippen molar-refractivity contribution >= 4 is 17.4 Å². The SMILES string of the molecule is O=C1NCCn2nc3c(c21)CCc1[nH]nc(Nc2ccccc2)c1-3. The van der Waals surface area contributed by atoms with Gasteiger partial charge in [0.15, 0.2) is 5.82 Å². The third-order valence-electron chi connectivity index (χ3n) is 4.61. The van der Waals surface area contributed by atoms with E-state index < -0.39 is 0 Å². The zero-order chi connectivity index (χ0) is 16.1. The summed E-state index contributed by atoms with van der Waals surface area (Å²) in [5.41, 5.74) is 5.62. The number of nitrogens with one attached hydrogen (secondary N) is 3. The van der Waals surface area contributed by atoms with Crippen molar-refractivity contribution in [2.45, 2.75) is 19.4 Å². The number of H-pyrrole nitrogens is 1. The molecule has 0 saturated heterocycles. The van der Waals surface area contributed by atoms with Crippen LogP contribution in [-0.4, -0.2) is 32.4 Å². The van der Waals surface area contributed by atoms with Crippen LogP contribution < -0.4 is 10.6 Å². The quantitative estimate of drug-likeness (QED) is 0.672. The van der Waals surface area contributed by atoms with Crippen molar-refractivity contribution in [3.8, 4) is 11.3 Å². The van der Waals surface area contributed by atoms with E-state index in [4.69, 9.17) is 5.10 Å². The van der Waals surface area contributed by atoms with E-state index in [1.165, 1.54) is 0 Å². The van der Waals surface area contributed by atoms with Crippen LogP contribution in [0.5, 0.6) is 0 Å². The van der Waals surface area contributed by atoms with Crippen LogP contribution in [0.3, 0.4) is 0 Å². The number of carbonyl (C=O) groups is 1. The molecule has 1 aliphatic heterocycles. The Bertz CT molecular complexity index is 940. The van der Waals surface area contributed by atoms with E-state index >= 15 is 0 Å². The molecule has 0 saturated carbocycles. The van der Waals surface area contributed by atoms with E-state index in [2.05, 4.69) is 20.8 Å². The molecule has 0 fully saturated rings. The van der Waals surface area contributed by atoms with Crippen molar-refractivity contribution < 1.29 is 4.79 Å². The lowest BCUT2D eigenvalue weighted by atomic mass is 9.93. The Labute approximate surface area is 138 Å². The van der Waals surface area contributed by atoms with E-state index in [9.17, 15) is 4.79 Å². The molecule has 7 nitrogen and oxygen atoms in total. The second-order valence-corrected chi connectivity index (χ2v) is 6.07. The number of aryl methyl sites for hydroxylation is 1. The van der Waals surface area contributed by atoms with Gasteiger partial charge in [-0.15, -0.1) is 0 Å². The molecule has 0 spiro atoms. The zero-order valence-electron chi connectivity index (χ0n) is 13.0. The fourth-order valence-electron chi connectivity index (χ4n) is 3.52. The van der Waals surface area contributed by atoms with Crippen LogP contribution >= 0.6 is 0 Å². The Balaban J connectivity index is 1.63. The van der Waals surface area contributed by atoms with Crippen LogP contribution in [0, 0.1) is 0 Å². The van der Waals surface area contributed by atoms with Crippen LogP contribution in [0.4, 0.5) is 11.5 Å². The van der Waals surface area contributed by atoms with Crippen molar-refractivity contribution in [3.63, 3.8) is 0 Å². The first kappa shape index (κ1) is 13.4. The van der Waals surface area contributed by atoms with Gasteiger partial charge in [0.1, 0.15) is 11.4 Å². The number of carbonyl (C=O) groups excluding carboxylic acids is 1. The Kier molecular flexibility index (Phi) is 2.76. The van der Waals surface area contributed by atoms with Crippen molar-refractivity contribution in [1.82, 2.24) is 25.3 Å². The molecule has 1 amide bonds. The number of aromatic amines is 1. The highest BCUT2D eigenvalue weighted by Gasteiger charge is 2.32. The normalized spacial score (nSPS) is 15.2. The van der Waals surface area contributed by atoms with Gasteiger partial charge in [0.2, 0.25) is 0 Å². The molecular formula is C17H16N6O. The van der Waals surface area contributed by atoms with Gasteiger partial charge < -0.3 is 10.6 Å². The van der Waals surface area contributed by atoms with E-state index in [0.717, 1.165) is 46.9 Å². The van der Waals surface area contributed by atoms with Crippen LogP contribution in [0.15, 0.2) is 30.3 Å². The maximum absolute atomic E-state index is 12.2. The number of para-hydroxylation sites is 1. The van der Waals surface area contributed by atoms with Gasteiger partial charge in [-0.05, 0) is 25.0 Å². The molecule has 0 bridgehead atoms. The van der Waals surface area contributed by atoms with Crippen LogP contribution in [0.1, 0.15) is 21.7 Å². The minimum absolute atomic E-state index is 0.0282. The predicted octanol–water partition coefficient (Wildman–Crippen LogP) is 1.86. The van der Waals surface area contributed by atoms with Gasteiger partial charge in [0.05, 0.1) is 12.1 Å². The molecule has 5 rings (SSSR count). The summed E-state index contributed by atoms with van der Waals surface area (Å²) >= 11 is 0. The Morgan fingerprint density at radius 1 is 1.17 bits per heavy atom. The second kappa shape index (κ2) is 4.95. The third kappa shape index (κ3) is 1.87. The molecule has 0 unspecified atom stereocenters. The van der Waals surface area contributed by atoms with Crippen molar-refractivity contribution in [2.24, 2.45) is 0 Å². The Morgan fingerprint density at radius 3 is 2.92 bits per heavy atom. The topological polar surface area (TPSA) is 87.6 Å². The molecule has 7 heteroatoms. The highest BCUT2D eigenvalue weighted by Crippen LogP contribution is 2.39. The standard InChI is InChI=1S/C17H16N6O/c24-17-15-11-6-7-12-13(14(11)22-23(15)9-8-18-17)16(21-20-12)19-10-4-2-1-3-5-10/h1-5H,6-9H2,(H,18,24)(H2,19,20,21). The van der Waals surface area contributed by atoms with Crippen LogP contribution in [0.25, 0.3) is 11.3 Å². The molecular weight excluding hydrogens is 304 g/mol. The van der Waals surface area contributed by atoms with Crippen molar-refractivity contribution in [1.29, 1.82) is 0 Å². The number of amides is 1. The largest absolute Gasteiger partial charge is 0.349 e. The van der Waals surface area contributed by atoms with Gasteiger partial charge in [-0.1, -0.05) is 18.2 Å². The fraction of sp³-hybridized carbons (Fsp3) is 0.235. The summed E-state index contributed by atoms with van der Waals surface area (Å²) in [6.07, 6.45) is 1.63. The minimum atomic E-state index is -0.0282. The summed E-state index contributed by atoms with van der Waals surface area (Å²) in [7, 11) is 0. The lowest BCUT2D eigenvalue weighted by Crippen LogP contribution is -2.36. The van der Waals surface area contributed by atoms with Crippen LogP contribution in [0.2, 0.25) is 0 Å². The van der Waals surface area contributed by atoms with E-state index in [1.807, 2.05) is 35.0 Å². The minimum Gasteiger partial charge on any atom is -0.349 e. The highest BCUT2D eigenvalue weighted by atomic mass is 16.2. The maximum atomic E-state index is 12.2. The van der Waals surface area contributed by atoms with Gasteiger partial charge in [0, 0.05) is 23.5 Å². The number of nitrogens with zero attached hydrogens (tertiary/aromatic N) is 3. The maximum Gasteiger partial charge on any atom is 0.269 e. The van der Waals surface area contributed by atoms with Gasteiger partial charge in [0.25, 0.3) is 5.91 Å². The fourth-order valence-corrected chi connectivity index (χ4v) is 3.52. The molecule has 1 aromatic carbocycles. The first-order chi connectivity index (χ1) is 11.8. The average molecular weight is 320 g/mol. The highest BCUT2D eigenvalue weighted by molar-refractivity contribution is 5.97. The summed E-state index contributed by atoms with van der Waals surface area (Å²) in [6.45, 7) is 1.34. The predicted molar refractivity (Wildman–Crippen MR) is 89.3 cm³/mol. The number of hydrogen-bond acceptors (Lipinski definition) is 4. The lowest BCUT2D eigenvalue weighted by molar-refractivity contribution is 0.0923. The summed E-state index contributed by atoms with van der Waals surface area (Å²) in [5, 5.41) is 18.5. The average Bonchev–Trinajstić information content (AvgIpc) is 3.17. The van der Waals surface area contributed by atoms with E-state index in [-0.39, 0.29) is 5.91 Å². The number of aromatic nitrogens is 4. The van der Waals surface area contributed by atoms with Gasteiger partial charge in [-0.3, -0.25) is 14.6 Å². The number of fused-ring (bicyclic) bond motifs is 5. The molecule has 1 aliphatic carbocycles. The molecule has 2 aliphatic rings. The van der Waals surface area contributed by atoms with Crippen molar-refractivity contribution in [2.75, 3.05) is 11.9 Å². The number of hydrogen-bond donors (Lipinski definition) is 3. The third-order valence-corrected chi connectivity index (χ3v) is 4.61. The van der Waals surface area contributed by atoms with E-state index in [0.29, 0.717) is 18.8 Å². The summed E-state index contributed by atoms with van der Waals surface area (Å²) in [6, 6.07) is 9.93. The Morgan fingerprint density at radius 2 is 2.04 bits per heavy atom. The molecule has 24 heavy (non-hydrogen) atoms. The molecule has 3 aromatic rings. The smallest absolute Gasteiger partial charge is 0.269 e. The monoisotopic (exact) mass is 320 g/mol. The number of rotatable bonds is 2. The second-order valence-electron chi connectivity index (χ2n) is 6.07. The molecule has 0 radical (unpaired) electrons. The first-order valence-corrected chi connectivity index (χ1v) is 8.09. The molecule has 3 N–H and O–H groups in total. The summed E-state index contributed by atoms with van der Waals surface area (Å²) in [4.78, 5) is 12.2. The lowest BCUT2D eigenvalue weighted by Gasteiger charge is -2.16. The molecule has 3 heterocycles. The molecule has 0 atom stereocenters. The number of benzene rings is 1. The summed E-state index contributed by atoms with van der Waals surface area (Å²) in [5.74, 6) is 0.729. The van der Waals surface area contributed by atoms with Crippen LogP contribution in [-0.2, 0) is 19.4 Å². The summed E-state index contributed by atoms with van der Waals surface area (Å²) < 4.78 is 1.83. The number of anilines is 2. The zero-order valence-corrected chi connectivity index (χ0v) is 13.0. The van der Waals surface area contributed by atoms with Gasteiger partial charge >= 0.3 is 0 Å². The van der Waals surface area contributed by atoms with Crippen molar-refractivity contribution in [3.05, 3.63) is 47.3 Å². The van der Waals surface area contributed by atoms with Gasteiger partial charge in [-0.25, -0.2) is 0 Å². The first-order valence-electron chi connectivity index (χ1n) is 8.09. The van der Waals surface area contributed by atoms with E-state index in [1.54, 1.807) is 0 Å². The van der Waals surface area contributed by atoms with Gasteiger partial charge in [-0.2, -0.15) is 10.2 Å². The molecule has 120 valence electrons. The molecule has 2 aromatic heterocycles.